The highest BCUT2D eigenvalue weighted by molar-refractivity contribution is 7.52. The van der Waals surface area contributed by atoms with E-state index in [1.54, 1.807) is 36.4 Å². The third kappa shape index (κ3) is 12.2. The number of piperidine rings is 1. The van der Waals surface area contributed by atoms with Crippen molar-refractivity contribution >= 4 is 71.7 Å². The summed E-state index contributed by atoms with van der Waals surface area (Å²) < 4.78 is 46.8. The average molecular weight is 1120 g/mol. The van der Waals surface area contributed by atoms with E-state index in [4.69, 9.17) is 10.5 Å². The van der Waals surface area contributed by atoms with E-state index < -0.39 is 90.5 Å². The van der Waals surface area contributed by atoms with Gasteiger partial charge in [0, 0.05) is 90.9 Å². The molecule has 1 unspecified atom stereocenters. The lowest BCUT2D eigenvalue weighted by atomic mass is 9.99. The van der Waals surface area contributed by atoms with Crippen LogP contribution in [0.5, 0.6) is 5.75 Å². The number of unbranched alkanes of at least 4 members (excludes halogenated alkanes) is 3. The van der Waals surface area contributed by atoms with Crippen molar-refractivity contribution in [1.29, 1.82) is 0 Å². The van der Waals surface area contributed by atoms with Crippen LogP contribution in [0, 0.1) is 11.8 Å². The van der Waals surface area contributed by atoms with E-state index in [1.807, 2.05) is 6.07 Å². The molecule has 0 spiro atoms. The molecule has 1 aromatic heterocycles. The Bertz CT molecular complexity index is 3280. The summed E-state index contributed by atoms with van der Waals surface area (Å²) in [6.07, 6.45) is 3.31. The molecule has 6 heterocycles. The number of rotatable bonds is 17. The Morgan fingerprint density at radius 2 is 1.70 bits per heavy atom. The second-order valence-corrected chi connectivity index (χ2v) is 22.3. The molecule has 0 aliphatic carbocycles. The average Bonchev–Trinajstić information content (AvgIpc) is 4.22. The monoisotopic (exact) mass is 1120 g/mol. The number of aromatic nitrogens is 1. The molecule has 0 saturated carbocycles. The second-order valence-electron chi connectivity index (χ2n) is 20.6. The molecule has 6 atom stereocenters. The van der Waals surface area contributed by atoms with Gasteiger partial charge in [0.2, 0.25) is 41.4 Å². The molecule has 9 rings (SSSR count). The lowest BCUT2D eigenvalue weighted by Gasteiger charge is -2.39. The van der Waals surface area contributed by atoms with Gasteiger partial charge in [0.05, 0.1) is 12.6 Å². The first kappa shape index (κ1) is 56.7. The van der Waals surface area contributed by atoms with Crippen LogP contribution < -0.4 is 31.7 Å². The van der Waals surface area contributed by atoms with Crippen LogP contribution in [0.2, 0.25) is 0 Å². The molecule has 5 aliphatic rings. The molecule has 22 nitrogen and oxygen atoms in total. The zero-order valence-corrected chi connectivity index (χ0v) is 44.2. The van der Waals surface area contributed by atoms with Crippen molar-refractivity contribution in [1.82, 2.24) is 41.0 Å². The highest BCUT2D eigenvalue weighted by atomic mass is 31.2. The predicted octanol–water partition coefficient (Wildman–Crippen LogP) is 3.24. The SMILES string of the molecule is NC(=O)CC[C@H](NC(=O)[C@@H]1CC[C@@H]2CCN(C(=O)CCCCCC#Cc3cccc4c3CN(C3CCC(=O)NC3=O)C4=O)C[C@H](NC(=O)c3cc4cc(C(F)(F)P(=O)(O)O)ccc4[nH]3)C(=O)N21)C(=O)N[C@H]1CCOc2ccccc21. The van der Waals surface area contributed by atoms with E-state index in [9.17, 15) is 66.3 Å². The Morgan fingerprint density at radius 3 is 2.48 bits per heavy atom. The maximum Gasteiger partial charge on any atom is 0.399 e. The van der Waals surface area contributed by atoms with Gasteiger partial charge >= 0.3 is 13.3 Å². The van der Waals surface area contributed by atoms with Crippen molar-refractivity contribution in [2.45, 2.75) is 132 Å². The van der Waals surface area contributed by atoms with Gasteiger partial charge in [-0.3, -0.25) is 53.0 Å². The Kier molecular flexibility index (Phi) is 16.8. The number of nitrogens with zero attached hydrogens (tertiary/aromatic N) is 3. The minimum absolute atomic E-state index is 0.00159. The number of primary amides is 1. The van der Waals surface area contributed by atoms with Crippen LogP contribution in [-0.2, 0) is 50.3 Å². The minimum Gasteiger partial charge on any atom is -0.493 e. The number of nitrogens with one attached hydrogen (secondary N) is 5. The molecular weight excluding hydrogens is 1060 g/mol. The van der Waals surface area contributed by atoms with E-state index >= 15 is 0 Å². The molecule has 9 N–H and O–H groups in total. The zero-order valence-electron chi connectivity index (χ0n) is 43.3. The fourth-order valence-electron chi connectivity index (χ4n) is 11.1. The van der Waals surface area contributed by atoms with Crippen LogP contribution >= 0.6 is 7.60 Å². The van der Waals surface area contributed by atoms with Gasteiger partial charge in [-0.2, -0.15) is 8.78 Å². The predicted molar refractivity (Wildman–Crippen MR) is 281 cm³/mol. The van der Waals surface area contributed by atoms with Crippen LogP contribution in [0.4, 0.5) is 8.78 Å². The van der Waals surface area contributed by atoms with E-state index in [2.05, 4.69) is 38.1 Å². The normalized spacial score (nSPS) is 21.4. The molecule has 3 aromatic carbocycles. The van der Waals surface area contributed by atoms with Crippen molar-refractivity contribution in [2.24, 2.45) is 5.73 Å². The number of aromatic amines is 1. The molecule has 0 bridgehead atoms. The summed E-state index contributed by atoms with van der Waals surface area (Å²) in [4.78, 5) is 147. The highest BCUT2D eigenvalue weighted by Gasteiger charge is 2.51. The standard InChI is InChI=1S/C55H60F2N9O13P/c56-55(57,80(76,77)78)33-15-17-38-32(27-33)28-41(59-38)50(71)62-42-30-64(48(69)14-5-3-1-2-4-9-31-10-8-12-35-37(31)29-65(53(35)74)43-20-22-47(68)63-51(43)72)25-23-34-16-19-44(66(34)54(42)75)52(73)61-40(18-21-46(58)67)49(70)60-39-24-26-79-45-13-7-6-11-36(39)45/h6-8,10-13,15,17,27-28,34,39-40,42-44,59H,1-3,5,14,16,18-26,29-30H2,(H2,58,67)(H,60,70)(H,61,73)(H,62,71)(H,63,68,72)(H2,76,77,78)/t34-,39+,40+,42+,43?,44+/m1/s1. The number of alkyl halides is 2. The van der Waals surface area contributed by atoms with Crippen molar-refractivity contribution in [3.63, 3.8) is 0 Å². The molecule has 422 valence electrons. The summed E-state index contributed by atoms with van der Waals surface area (Å²) in [6, 6.07) is 10.6. The smallest absolute Gasteiger partial charge is 0.399 e. The van der Waals surface area contributed by atoms with Crippen molar-refractivity contribution in [3.05, 3.63) is 100 Å². The van der Waals surface area contributed by atoms with Gasteiger partial charge in [0.15, 0.2) is 0 Å². The van der Waals surface area contributed by atoms with Crippen molar-refractivity contribution < 1.29 is 71.0 Å². The third-order valence-electron chi connectivity index (χ3n) is 15.3. The van der Waals surface area contributed by atoms with Crippen LogP contribution in [0.1, 0.15) is 133 Å². The number of amides is 9. The summed E-state index contributed by atoms with van der Waals surface area (Å²) in [5.74, 6) is 1.78. The molecule has 3 fully saturated rings. The summed E-state index contributed by atoms with van der Waals surface area (Å²) in [5, 5.41) is 10.7. The van der Waals surface area contributed by atoms with E-state index in [0.717, 1.165) is 23.8 Å². The first-order chi connectivity index (χ1) is 38.2. The van der Waals surface area contributed by atoms with Crippen LogP contribution in [0.3, 0.4) is 0 Å². The van der Waals surface area contributed by atoms with Gasteiger partial charge < -0.3 is 55.9 Å². The van der Waals surface area contributed by atoms with Gasteiger partial charge in [-0.1, -0.05) is 48.6 Å². The van der Waals surface area contributed by atoms with Gasteiger partial charge in [-0.15, -0.1) is 0 Å². The highest BCUT2D eigenvalue weighted by Crippen LogP contribution is 2.59. The van der Waals surface area contributed by atoms with Gasteiger partial charge in [-0.25, -0.2) is 0 Å². The summed E-state index contributed by atoms with van der Waals surface area (Å²) in [7, 11) is -5.93. The number of halogens is 2. The summed E-state index contributed by atoms with van der Waals surface area (Å²) in [5.41, 5.74) is 2.41. The Labute approximate surface area is 457 Å². The lowest BCUT2D eigenvalue weighted by Crippen LogP contribution is -2.62. The number of benzene rings is 3. The minimum atomic E-state index is -5.93. The molecule has 80 heavy (non-hydrogen) atoms. The topological polar surface area (TPSA) is 320 Å². The van der Waals surface area contributed by atoms with Crippen LogP contribution in [0.15, 0.2) is 66.7 Å². The Balaban J connectivity index is 0.875. The van der Waals surface area contributed by atoms with Gasteiger partial charge in [0.25, 0.3) is 11.8 Å². The third-order valence-corrected chi connectivity index (χ3v) is 16.3. The molecule has 0 radical (unpaired) electrons. The van der Waals surface area contributed by atoms with Gasteiger partial charge in [-0.05, 0) is 86.9 Å². The number of hydrogen-bond donors (Lipinski definition) is 8. The number of H-pyrrole nitrogens is 1. The van der Waals surface area contributed by atoms with Gasteiger partial charge in [0.1, 0.15) is 35.6 Å². The number of hydrogen-bond acceptors (Lipinski definition) is 11. The number of ether oxygens (including phenoxy) is 1. The van der Waals surface area contributed by atoms with Crippen LogP contribution in [0.25, 0.3) is 10.9 Å². The lowest BCUT2D eigenvalue weighted by molar-refractivity contribution is -0.145. The molecule has 5 aliphatic heterocycles. The molecule has 3 saturated heterocycles. The Hall–Kier alpha value is -8.00. The molecular formula is C55H60F2N9O13P. The maximum atomic E-state index is 14.9. The fourth-order valence-corrected chi connectivity index (χ4v) is 11.6. The fraction of sp³-hybridized carbons (Fsp3) is 0.436. The number of para-hydroxylation sites is 1. The quantitative estimate of drug-likeness (QED) is 0.0326. The Morgan fingerprint density at radius 1 is 0.900 bits per heavy atom. The first-order valence-electron chi connectivity index (χ1n) is 26.5. The van der Waals surface area contributed by atoms with E-state index in [-0.39, 0.29) is 98.9 Å². The number of fused-ring (bicyclic) bond motifs is 4. The first-order valence-corrected chi connectivity index (χ1v) is 28.1. The molecule has 4 aromatic rings. The number of imide groups is 1. The number of carbonyl (C=O) groups excluding carboxylic acids is 9. The number of carbonyl (C=O) groups is 9. The molecule has 9 amide bonds. The molecule has 25 heteroatoms. The summed E-state index contributed by atoms with van der Waals surface area (Å²) in [6.45, 7) is 0.301. The van der Waals surface area contributed by atoms with E-state index in [1.165, 1.54) is 20.8 Å². The second kappa shape index (κ2) is 23.8. The number of nitrogens with two attached hydrogens (primary N) is 1. The van der Waals surface area contributed by atoms with Crippen molar-refractivity contribution in [2.75, 3.05) is 19.7 Å². The summed E-state index contributed by atoms with van der Waals surface area (Å²) >= 11 is 0. The zero-order chi connectivity index (χ0) is 57.0. The van der Waals surface area contributed by atoms with Crippen molar-refractivity contribution in [3.8, 4) is 17.6 Å². The maximum absolute atomic E-state index is 14.9. The van der Waals surface area contributed by atoms with Crippen LogP contribution in [-0.4, -0.2) is 133 Å². The van der Waals surface area contributed by atoms with E-state index in [0.29, 0.717) is 67.6 Å². The largest absolute Gasteiger partial charge is 0.493 e.